The second-order valence-electron chi connectivity index (χ2n) is 7.97. The van der Waals surface area contributed by atoms with E-state index in [2.05, 4.69) is 4.99 Å². The number of amides is 1. The first kappa shape index (κ1) is 26.3. The molecule has 0 bridgehead atoms. The molecule has 0 aromatic heterocycles. The van der Waals surface area contributed by atoms with E-state index in [0.29, 0.717) is 51.1 Å². The topological polar surface area (TPSA) is 77.4 Å². The Labute approximate surface area is 224 Å². The van der Waals surface area contributed by atoms with Crippen LogP contribution in [0.2, 0.25) is 5.02 Å². The molecule has 4 rings (SSSR count). The van der Waals surface area contributed by atoms with Gasteiger partial charge in [0.1, 0.15) is 6.61 Å². The Morgan fingerprint density at radius 1 is 1.08 bits per heavy atom. The summed E-state index contributed by atoms with van der Waals surface area (Å²) < 4.78 is 16.5. The number of esters is 1. The fraction of sp³-hybridized carbons (Fsp3) is 0.179. The third-order valence-corrected chi connectivity index (χ3v) is 6.69. The number of hydrogen-bond acceptors (Lipinski definition) is 7. The van der Waals surface area contributed by atoms with Crippen molar-refractivity contribution in [2.75, 3.05) is 20.8 Å². The molecule has 0 unspecified atom stereocenters. The van der Waals surface area contributed by atoms with Crippen LogP contribution in [0, 0.1) is 0 Å². The highest BCUT2D eigenvalue weighted by Crippen LogP contribution is 2.35. The van der Waals surface area contributed by atoms with Crippen LogP contribution < -0.4 is 9.47 Å². The molecule has 0 radical (unpaired) electrons. The molecular formula is C28H25ClN2O5S. The minimum Gasteiger partial charge on any atom is -0.493 e. The van der Waals surface area contributed by atoms with Crippen molar-refractivity contribution in [3.8, 4) is 11.5 Å². The Morgan fingerprint density at radius 3 is 2.59 bits per heavy atom. The average molecular weight is 537 g/mol. The first-order valence-electron chi connectivity index (χ1n) is 11.5. The van der Waals surface area contributed by atoms with Gasteiger partial charge in [0.2, 0.25) is 0 Å². The van der Waals surface area contributed by atoms with E-state index in [4.69, 9.17) is 25.8 Å². The summed E-state index contributed by atoms with van der Waals surface area (Å²) in [5.41, 5.74) is 2.72. The lowest BCUT2D eigenvalue weighted by atomic mass is 10.2. The van der Waals surface area contributed by atoms with Crippen LogP contribution in [0.25, 0.3) is 6.08 Å². The molecule has 1 amide bonds. The van der Waals surface area contributed by atoms with Crippen LogP contribution in [-0.2, 0) is 16.1 Å². The first-order chi connectivity index (χ1) is 17.9. The smallest absolute Gasteiger partial charge is 0.338 e. The highest BCUT2D eigenvalue weighted by molar-refractivity contribution is 8.18. The Hall–Kier alpha value is -3.75. The van der Waals surface area contributed by atoms with Crippen molar-refractivity contribution in [3.63, 3.8) is 0 Å². The Balaban J connectivity index is 1.51. The summed E-state index contributed by atoms with van der Waals surface area (Å²) in [6.45, 7) is 2.41. The summed E-state index contributed by atoms with van der Waals surface area (Å²) in [5.74, 6) is 0.554. The van der Waals surface area contributed by atoms with E-state index >= 15 is 0 Å². The molecule has 1 fully saturated rings. The van der Waals surface area contributed by atoms with Gasteiger partial charge in [-0.25, -0.2) is 9.79 Å². The summed E-state index contributed by atoms with van der Waals surface area (Å²) in [6, 6.07) is 19.7. The molecule has 1 aliphatic heterocycles. The predicted octanol–water partition coefficient (Wildman–Crippen LogP) is 6.34. The third-order valence-electron chi connectivity index (χ3n) is 5.38. The molecule has 0 atom stereocenters. The number of methoxy groups -OCH3 is 1. The van der Waals surface area contributed by atoms with E-state index in [0.717, 1.165) is 11.1 Å². The van der Waals surface area contributed by atoms with Gasteiger partial charge in [0.25, 0.3) is 5.91 Å². The van der Waals surface area contributed by atoms with Gasteiger partial charge in [0, 0.05) is 12.1 Å². The van der Waals surface area contributed by atoms with Crippen LogP contribution in [0.3, 0.4) is 0 Å². The maximum Gasteiger partial charge on any atom is 0.338 e. The number of halogens is 1. The SMILES string of the molecule is CCOC(=O)c1cccc(N=C2SC(=Cc3ccc(OCc4ccc(Cl)cc4)c(OC)c3)C(=O)N2C)c1. The summed E-state index contributed by atoms with van der Waals surface area (Å²) in [6.07, 6.45) is 1.78. The van der Waals surface area contributed by atoms with Crippen molar-refractivity contribution in [1.29, 1.82) is 0 Å². The number of hydrogen-bond donors (Lipinski definition) is 0. The Kier molecular flexibility index (Phi) is 8.53. The average Bonchev–Trinajstić information content (AvgIpc) is 3.16. The minimum absolute atomic E-state index is 0.174. The molecule has 1 heterocycles. The molecule has 0 N–H and O–H groups in total. The van der Waals surface area contributed by atoms with E-state index in [1.165, 1.54) is 16.7 Å². The number of rotatable bonds is 8. The zero-order valence-corrected chi connectivity index (χ0v) is 22.1. The molecule has 3 aromatic carbocycles. The molecule has 190 valence electrons. The summed E-state index contributed by atoms with van der Waals surface area (Å²) in [4.78, 5) is 31.5. The van der Waals surface area contributed by atoms with Gasteiger partial charge in [0.05, 0.1) is 29.9 Å². The van der Waals surface area contributed by atoms with Crippen molar-refractivity contribution < 1.29 is 23.8 Å². The van der Waals surface area contributed by atoms with Gasteiger partial charge in [-0.05, 0) is 78.4 Å². The molecule has 7 nitrogen and oxygen atoms in total. The molecular weight excluding hydrogens is 512 g/mol. The highest BCUT2D eigenvalue weighted by atomic mass is 35.5. The lowest BCUT2D eigenvalue weighted by Gasteiger charge is -2.11. The van der Waals surface area contributed by atoms with E-state index in [1.54, 1.807) is 51.4 Å². The summed E-state index contributed by atoms with van der Waals surface area (Å²) in [7, 11) is 3.23. The van der Waals surface area contributed by atoms with Crippen molar-refractivity contribution in [2.24, 2.45) is 4.99 Å². The summed E-state index contributed by atoms with van der Waals surface area (Å²) >= 11 is 7.20. The quantitative estimate of drug-likeness (QED) is 0.247. The van der Waals surface area contributed by atoms with Crippen molar-refractivity contribution in [1.82, 2.24) is 4.90 Å². The molecule has 9 heteroatoms. The van der Waals surface area contributed by atoms with Crippen molar-refractivity contribution >= 4 is 52.2 Å². The number of carbonyl (C=O) groups excluding carboxylic acids is 2. The molecule has 3 aromatic rings. The maximum atomic E-state index is 12.9. The van der Waals surface area contributed by atoms with Crippen LogP contribution in [0.4, 0.5) is 5.69 Å². The van der Waals surface area contributed by atoms with Gasteiger partial charge >= 0.3 is 5.97 Å². The predicted molar refractivity (Wildman–Crippen MR) is 147 cm³/mol. The largest absolute Gasteiger partial charge is 0.493 e. The normalized spacial score (nSPS) is 15.4. The van der Waals surface area contributed by atoms with Gasteiger partial charge in [-0.3, -0.25) is 9.69 Å². The third kappa shape index (κ3) is 6.53. The van der Waals surface area contributed by atoms with Gasteiger partial charge in [0.15, 0.2) is 16.7 Å². The number of nitrogens with zero attached hydrogens (tertiary/aromatic N) is 2. The zero-order valence-electron chi connectivity index (χ0n) is 20.6. The van der Waals surface area contributed by atoms with Crippen LogP contribution in [0.5, 0.6) is 11.5 Å². The highest BCUT2D eigenvalue weighted by Gasteiger charge is 2.30. The molecule has 1 aliphatic rings. The number of amidine groups is 1. The van der Waals surface area contributed by atoms with Crippen LogP contribution in [0.1, 0.15) is 28.4 Å². The standard InChI is InChI=1S/C28H25ClN2O5S/c1-4-35-27(33)20-6-5-7-22(16-20)30-28-31(2)26(32)25(37-28)15-19-10-13-23(24(14-19)34-3)36-17-18-8-11-21(29)12-9-18/h5-16H,4,17H2,1-3H3. The van der Waals surface area contributed by atoms with Crippen LogP contribution in [0.15, 0.2) is 76.6 Å². The first-order valence-corrected chi connectivity index (χ1v) is 12.7. The number of thioether (sulfide) groups is 1. The summed E-state index contributed by atoms with van der Waals surface area (Å²) in [5, 5.41) is 1.18. The molecule has 0 spiro atoms. The van der Waals surface area contributed by atoms with Gasteiger partial charge < -0.3 is 14.2 Å². The fourth-order valence-electron chi connectivity index (χ4n) is 3.47. The van der Waals surface area contributed by atoms with Crippen LogP contribution in [-0.4, -0.2) is 42.7 Å². The minimum atomic E-state index is -0.414. The second kappa shape index (κ2) is 12.0. The fourth-order valence-corrected chi connectivity index (χ4v) is 4.58. The maximum absolute atomic E-state index is 12.9. The monoisotopic (exact) mass is 536 g/mol. The van der Waals surface area contributed by atoms with Crippen molar-refractivity contribution in [3.05, 3.63) is 93.3 Å². The molecule has 37 heavy (non-hydrogen) atoms. The molecule has 0 aliphatic carbocycles. The van der Waals surface area contributed by atoms with E-state index < -0.39 is 5.97 Å². The van der Waals surface area contributed by atoms with Crippen molar-refractivity contribution in [2.45, 2.75) is 13.5 Å². The van der Waals surface area contributed by atoms with E-state index in [-0.39, 0.29) is 5.91 Å². The number of benzene rings is 3. The lowest BCUT2D eigenvalue weighted by molar-refractivity contribution is -0.121. The lowest BCUT2D eigenvalue weighted by Crippen LogP contribution is -2.23. The van der Waals surface area contributed by atoms with Crippen LogP contribution >= 0.6 is 23.4 Å². The van der Waals surface area contributed by atoms with E-state index in [9.17, 15) is 9.59 Å². The van der Waals surface area contributed by atoms with Gasteiger partial charge in [-0.15, -0.1) is 0 Å². The second-order valence-corrected chi connectivity index (χ2v) is 9.41. The van der Waals surface area contributed by atoms with Gasteiger partial charge in [-0.2, -0.15) is 0 Å². The molecule has 0 saturated carbocycles. The number of carbonyl (C=O) groups is 2. The Morgan fingerprint density at radius 2 is 1.86 bits per heavy atom. The molecule has 1 saturated heterocycles. The van der Waals surface area contributed by atoms with Gasteiger partial charge in [-0.1, -0.05) is 35.9 Å². The Bertz CT molecular complexity index is 1370. The number of likely N-dealkylation sites (N-methyl/N-ethyl adjacent to an activating group) is 1. The zero-order chi connectivity index (χ0) is 26.4. The number of aliphatic imine (C=N–C) groups is 1. The number of ether oxygens (including phenoxy) is 3. The van der Waals surface area contributed by atoms with E-state index in [1.807, 2.05) is 42.5 Å².